The molecule has 1 aromatic carbocycles. The van der Waals surface area contributed by atoms with Gasteiger partial charge in [0.2, 0.25) is 0 Å². The van der Waals surface area contributed by atoms with E-state index in [1.807, 2.05) is 12.1 Å². The van der Waals surface area contributed by atoms with Crippen LogP contribution in [-0.2, 0) is 11.2 Å². The molecule has 1 heterocycles. The Morgan fingerprint density at radius 1 is 1.08 bits per heavy atom. The van der Waals surface area contributed by atoms with Crippen LogP contribution in [-0.4, -0.2) is 62.2 Å². The summed E-state index contributed by atoms with van der Waals surface area (Å²) in [6.45, 7) is 2.52. The maximum atomic E-state index is 9.83. The summed E-state index contributed by atoms with van der Waals surface area (Å²) in [7, 11) is 3.31. The second kappa shape index (κ2) is 8.88. The summed E-state index contributed by atoms with van der Waals surface area (Å²) in [5, 5.41) is 9.83. The number of aliphatic hydroxyl groups excluding tert-OH is 1. The molecule has 0 aromatic heterocycles. The monoisotopic (exact) mass is 349 g/mol. The van der Waals surface area contributed by atoms with Gasteiger partial charge in [-0.15, -0.1) is 0 Å². The summed E-state index contributed by atoms with van der Waals surface area (Å²) in [6, 6.07) is 6.51. The minimum atomic E-state index is -0.158. The van der Waals surface area contributed by atoms with Crippen LogP contribution in [0.25, 0.3) is 0 Å². The molecule has 0 radical (unpaired) electrons. The van der Waals surface area contributed by atoms with Gasteiger partial charge in [-0.05, 0) is 43.4 Å². The zero-order chi connectivity index (χ0) is 17.6. The molecule has 1 aliphatic carbocycles. The number of hydrogen-bond donors (Lipinski definition) is 1. The highest BCUT2D eigenvalue weighted by molar-refractivity contribution is 5.42. The van der Waals surface area contributed by atoms with Crippen LogP contribution in [0, 0.1) is 0 Å². The van der Waals surface area contributed by atoms with E-state index in [0.717, 1.165) is 43.9 Å². The third-order valence-electron chi connectivity index (χ3n) is 5.50. The largest absolute Gasteiger partial charge is 0.493 e. The van der Waals surface area contributed by atoms with Crippen LogP contribution in [0.3, 0.4) is 0 Å². The first-order valence-electron chi connectivity index (χ1n) is 9.46. The normalized spacial score (nSPS) is 27.4. The zero-order valence-electron chi connectivity index (χ0n) is 15.4. The van der Waals surface area contributed by atoms with Gasteiger partial charge in [0.05, 0.1) is 33.0 Å². The number of ether oxygens (including phenoxy) is 3. The van der Waals surface area contributed by atoms with E-state index in [2.05, 4.69) is 11.0 Å². The maximum absolute atomic E-state index is 9.83. The Labute approximate surface area is 150 Å². The predicted molar refractivity (Wildman–Crippen MR) is 97.4 cm³/mol. The summed E-state index contributed by atoms with van der Waals surface area (Å²) in [6.07, 6.45) is 6.73. The number of hydrogen-bond acceptors (Lipinski definition) is 5. The Balaban J connectivity index is 1.53. The van der Waals surface area contributed by atoms with E-state index in [1.165, 1.54) is 24.8 Å². The van der Waals surface area contributed by atoms with Crippen molar-refractivity contribution in [1.82, 2.24) is 4.90 Å². The van der Waals surface area contributed by atoms with Crippen molar-refractivity contribution in [2.45, 2.75) is 56.8 Å². The van der Waals surface area contributed by atoms with Crippen LogP contribution in [0.15, 0.2) is 18.2 Å². The van der Waals surface area contributed by atoms with Gasteiger partial charge in [0.25, 0.3) is 0 Å². The molecule has 5 nitrogen and oxygen atoms in total. The Morgan fingerprint density at radius 3 is 2.60 bits per heavy atom. The molecule has 0 amide bonds. The minimum Gasteiger partial charge on any atom is -0.493 e. The molecule has 2 fully saturated rings. The number of aliphatic hydroxyl groups is 1. The van der Waals surface area contributed by atoms with Gasteiger partial charge in [0.15, 0.2) is 11.5 Å². The first-order chi connectivity index (χ1) is 12.2. The molecular formula is C20H31NO4. The predicted octanol–water partition coefficient (Wildman–Crippen LogP) is 2.64. The lowest BCUT2D eigenvalue weighted by Crippen LogP contribution is -2.46. The van der Waals surface area contributed by atoms with E-state index >= 15 is 0 Å². The molecule has 25 heavy (non-hydrogen) atoms. The lowest BCUT2D eigenvalue weighted by molar-refractivity contribution is -0.0316. The second-order valence-corrected chi connectivity index (χ2v) is 7.14. The van der Waals surface area contributed by atoms with Crippen molar-refractivity contribution in [2.75, 3.05) is 33.9 Å². The molecule has 140 valence electrons. The number of methoxy groups -OCH3 is 2. The molecule has 1 aromatic rings. The van der Waals surface area contributed by atoms with E-state index < -0.39 is 0 Å². The third-order valence-corrected chi connectivity index (χ3v) is 5.50. The van der Waals surface area contributed by atoms with Crippen molar-refractivity contribution < 1.29 is 19.3 Å². The molecule has 0 bridgehead atoms. The van der Waals surface area contributed by atoms with E-state index in [1.54, 1.807) is 14.2 Å². The van der Waals surface area contributed by atoms with E-state index in [-0.39, 0.29) is 6.10 Å². The Hall–Kier alpha value is -1.30. The van der Waals surface area contributed by atoms with Crippen LogP contribution < -0.4 is 9.47 Å². The van der Waals surface area contributed by atoms with Crippen LogP contribution >= 0.6 is 0 Å². The number of β-amino-alcohol motifs (C(OH)–C–C–N with tert-alkyl or cyclic N) is 1. The molecule has 0 spiro atoms. The summed E-state index contributed by atoms with van der Waals surface area (Å²) in [5.41, 5.74) is 1.20. The number of benzene rings is 1. The molecular weight excluding hydrogens is 318 g/mol. The molecule has 3 atom stereocenters. The van der Waals surface area contributed by atoms with Crippen molar-refractivity contribution in [3.05, 3.63) is 23.8 Å². The first-order valence-corrected chi connectivity index (χ1v) is 9.46. The Kier molecular flexibility index (Phi) is 6.57. The van der Waals surface area contributed by atoms with Crippen molar-refractivity contribution in [1.29, 1.82) is 0 Å². The molecule has 1 saturated carbocycles. The minimum absolute atomic E-state index is 0.158. The lowest BCUT2D eigenvalue weighted by Gasteiger charge is -2.37. The summed E-state index contributed by atoms with van der Waals surface area (Å²) >= 11 is 0. The van der Waals surface area contributed by atoms with Gasteiger partial charge >= 0.3 is 0 Å². The molecule has 5 heteroatoms. The maximum Gasteiger partial charge on any atom is 0.160 e. The topological polar surface area (TPSA) is 51.2 Å². The van der Waals surface area contributed by atoms with Crippen molar-refractivity contribution >= 4 is 0 Å². The second-order valence-electron chi connectivity index (χ2n) is 7.14. The average Bonchev–Trinajstić information content (AvgIpc) is 3.08. The SMILES string of the molecule is COc1ccc(CCO[C@H]2CCCC[C@@H]2N2CCC(O)C2)cc1OC. The van der Waals surface area contributed by atoms with Crippen molar-refractivity contribution in [3.8, 4) is 11.5 Å². The highest BCUT2D eigenvalue weighted by Gasteiger charge is 2.34. The smallest absolute Gasteiger partial charge is 0.160 e. The van der Waals surface area contributed by atoms with Crippen molar-refractivity contribution in [2.24, 2.45) is 0 Å². The lowest BCUT2D eigenvalue weighted by atomic mass is 9.91. The number of likely N-dealkylation sites (tertiary alicyclic amines) is 1. The first kappa shape index (κ1) is 18.5. The Morgan fingerprint density at radius 2 is 1.88 bits per heavy atom. The number of rotatable bonds is 7. The van der Waals surface area contributed by atoms with Crippen molar-refractivity contribution in [3.63, 3.8) is 0 Å². The zero-order valence-corrected chi connectivity index (χ0v) is 15.4. The van der Waals surface area contributed by atoms with Crippen LogP contribution in [0.5, 0.6) is 11.5 Å². The van der Waals surface area contributed by atoms with Crippen LogP contribution in [0.1, 0.15) is 37.7 Å². The van der Waals surface area contributed by atoms with Crippen LogP contribution in [0.4, 0.5) is 0 Å². The number of nitrogens with zero attached hydrogens (tertiary/aromatic N) is 1. The van der Waals surface area contributed by atoms with Crippen LogP contribution in [0.2, 0.25) is 0 Å². The summed E-state index contributed by atoms with van der Waals surface area (Å²) in [4.78, 5) is 2.44. The fourth-order valence-electron chi connectivity index (χ4n) is 4.12. The molecule has 2 aliphatic rings. The van der Waals surface area contributed by atoms with Gasteiger partial charge in [-0.1, -0.05) is 18.9 Å². The fourth-order valence-corrected chi connectivity index (χ4v) is 4.12. The average molecular weight is 349 g/mol. The molecule has 1 unspecified atom stereocenters. The quantitative estimate of drug-likeness (QED) is 0.820. The van der Waals surface area contributed by atoms with E-state index in [9.17, 15) is 5.11 Å². The standard InChI is InChI=1S/C20H31NO4/c1-23-19-8-7-15(13-20(19)24-2)10-12-25-18-6-4-3-5-17(18)21-11-9-16(22)14-21/h7-8,13,16-18,22H,3-6,9-12,14H2,1-2H3/t16?,17-,18-/m0/s1. The molecule has 1 aliphatic heterocycles. The van der Waals surface area contributed by atoms with E-state index in [4.69, 9.17) is 14.2 Å². The summed E-state index contributed by atoms with van der Waals surface area (Å²) < 4.78 is 16.9. The van der Waals surface area contributed by atoms with Gasteiger partial charge < -0.3 is 19.3 Å². The fraction of sp³-hybridized carbons (Fsp3) is 0.700. The van der Waals surface area contributed by atoms with Gasteiger partial charge in [-0.2, -0.15) is 0 Å². The summed E-state index contributed by atoms with van der Waals surface area (Å²) in [5.74, 6) is 1.52. The van der Waals surface area contributed by atoms with E-state index in [0.29, 0.717) is 18.8 Å². The third kappa shape index (κ3) is 4.66. The Bertz CT molecular complexity index is 550. The van der Waals surface area contributed by atoms with Gasteiger partial charge in [-0.3, -0.25) is 4.90 Å². The molecule has 3 rings (SSSR count). The van der Waals surface area contributed by atoms with Gasteiger partial charge in [-0.25, -0.2) is 0 Å². The van der Waals surface area contributed by atoms with Gasteiger partial charge in [0, 0.05) is 19.1 Å². The highest BCUT2D eigenvalue weighted by Crippen LogP contribution is 2.30. The molecule has 1 saturated heterocycles. The molecule has 1 N–H and O–H groups in total. The van der Waals surface area contributed by atoms with Gasteiger partial charge in [0.1, 0.15) is 0 Å². The highest BCUT2D eigenvalue weighted by atomic mass is 16.5.